The van der Waals surface area contributed by atoms with Crippen molar-refractivity contribution < 1.29 is 0 Å². The second-order valence-electron chi connectivity index (χ2n) is 6.97. The summed E-state index contributed by atoms with van der Waals surface area (Å²) in [6.07, 6.45) is 2.58. The Labute approximate surface area is 115 Å². The van der Waals surface area contributed by atoms with E-state index in [0.29, 0.717) is 6.04 Å². The van der Waals surface area contributed by atoms with Crippen LogP contribution in [-0.4, -0.2) is 36.6 Å². The predicted molar refractivity (Wildman–Crippen MR) is 80.9 cm³/mol. The molecule has 0 spiro atoms. The maximum absolute atomic E-state index is 3.74. The molecule has 3 atom stereocenters. The molecule has 18 heavy (non-hydrogen) atoms. The molecule has 1 N–H and O–H groups in total. The van der Waals surface area contributed by atoms with Crippen LogP contribution in [0.25, 0.3) is 0 Å². The topological polar surface area (TPSA) is 15.3 Å². The standard InChI is InChI=1S/C16H34N2/c1-7-16-9-17-15(8-12(2)3)11-18(16)10-14(6)13(4)5/h12-17H,7-11H2,1-6H3. The van der Waals surface area contributed by atoms with Crippen molar-refractivity contribution in [3.05, 3.63) is 0 Å². The van der Waals surface area contributed by atoms with Gasteiger partial charge in [0.15, 0.2) is 0 Å². The summed E-state index contributed by atoms with van der Waals surface area (Å²) < 4.78 is 0. The number of piperazine rings is 1. The van der Waals surface area contributed by atoms with Gasteiger partial charge in [-0.05, 0) is 30.6 Å². The van der Waals surface area contributed by atoms with Gasteiger partial charge in [-0.15, -0.1) is 0 Å². The summed E-state index contributed by atoms with van der Waals surface area (Å²) >= 11 is 0. The molecule has 1 heterocycles. The van der Waals surface area contributed by atoms with E-state index in [1.165, 1.54) is 32.5 Å². The highest BCUT2D eigenvalue weighted by atomic mass is 15.2. The zero-order valence-electron chi connectivity index (χ0n) is 13.4. The lowest BCUT2D eigenvalue weighted by molar-refractivity contribution is 0.0940. The monoisotopic (exact) mass is 254 g/mol. The quantitative estimate of drug-likeness (QED) is 0.782. The molecule has 1 aliphatic rings. The average molecular weight is 254 g/mol. The molecule has 2 heteroatoms. The second-order valence-corrected chi connectivity index (χ2v) is 6.97. The molecule has 0 saturated carbocycles. The van der Waals surface area contributed by atoms with Crippen LogP contribution in [0.15, 0.2) is 0 Å². The van der Waals surface area contributed by atoms with Gasteiger partial charge in [0.2, 0.25) is 0 Å². The minimum absolute atomic E-state index is 0.701. The summed E-state index contributed by atoms with van der Waals surface area (Å²) in [6.45, 7) is 17.8. The highest BCUT2D eigenvalue weighted by Crippen LogP contribution is 2.19. The predicted octanol–water partition coefficient (Wildman–Crippen LogP) is 3.38. The highest BCUT2D eigenvalue weighted by Gasteiger charge is 2.28. The van der Waals surface area contributed by atoms with Crippen molar-refractivity contribution in [2.24, 2.45) is 17.8 Å². The van der Waals surface area contributed by atoms with E-state index in [1.54, 1.807) is 0 Å². The van der Waals surface area contributed by atoms with Crippen molar-refractivity contribution in [1.29, 1.82) is 0 Å². The van der Waals surface area contributed by atoms with Crippen LogP contribution in [-0.2, 0) is 0 Å². The number of hydrogen-bond acceptors (Lipinski definition) is 2. The Hall–Kier alpha value is -0.0800. The molecule has 108 valence electrons. The van der Waals surface area contributed by atoms with Gasteiger partial charge in [0.05, 0.1) is 0 Å². The molecule has 1 rings (SSSR count). The van der Waals surface area contributed by atoms with Gasteiger partial charge in [-0.25, -0.2) is 0 Å². The lowest BCUT2D eigenvalue weighted by Gasteiger charge is -2.42. The third kappa shape index (κ3) is 4.89. The van der Waals surface area contributed by atoms with E-state index in [1.807, 2.05) is 0 Å². The molecule has 0 amide bonds. The van der Waals surface area contributed by atoms with Crippen LogP contribution >= 0.6 is 0 Å². The van der Waals surface area contributed by atoms with Gasteiger partial charge >= 0.3 is 0 Å². The minimum Gasteiger partial charge on any atom is -0.311 e. The van der Waals surface area contributed by atoms with E-state index in [2.05, 4.69) is 51.8 Å². The third-order valence-electron chi connectivity index (χ3n) is 4.50. The lowest BCUT2D eigenvalue weighted by Crippen LogP contribution is -2.57. The normalized spacial score (nSPS) is 28.0. The van der Waals surface area contributed by atoms with Crippen molar-refractivity contribution in [3.8, 4) is 0 Å². The molecule has 0 bridgehead atoms. The Morgan fingerprint density at radius 1 is 1.17 bits per heavy atom. The van der Waals surface area contributed by atoms with Gasteiger partial charge < -0.3 is 5.32 Å². The smallest absolute Gasteiger partial charge is 0.0218 e. The van der Waals surface area contributed by atoms with Crippen LogP contribution in [0.4, 0.5) is 0 Å². The molecule has 0 aromatic heterocycles. The van der Waals surface area contributed by atoms with Gasteiger partial charge in [0.25, 0.3) is 0 Å². The van der Waals surface area contributed by atoms with E-state index in [0.717, 1.165) is 23.8 Å². The summed E-state index contributed by atoms with van der Waals surface area (Å²) in [5.41, 5.74) is 0. The van der Waals surface area contributed by atoms with E-state index in [-0.39, 0.29) is 0 Å². The van der Waals surface area contributed by atoms with Crippen LogP contribution in [0.5, 0.6) is 0 Å². The van der Waals surface area contributed by atoms with Gasteiger partial charge in [-0.2, -0.15) is 0 Å². The Morgan fingerprint density at radius 3 is 2.33 bits per heavy atom. The number of rotatable bonds is 6. The van der Waals surface area contributed by atoms with Gasteiger partial charge in [-0.1, -0.05) is 41.5 Å². The molecule has 1 aliphatic heterocycles. The summed E-state index contributed by atoms with van der Waals surface area (Å²) in [5, 5.41) is 3.74. The van der Waals surface area contributed by atoms with E-state index in [4.69, 9.17) is 0 Å². The molecule has 1 fully saturated rings. The van der Waals surface area contributed by atoms with Crippen LogP contribution in [0.1, 0.15) is 54.4 Å². The fourth-order valence-electron chi connectivity index (χ4n) is 2.86. The van der Waals surface area contributed by atoms with Crippen LogP contribution in [0.2, 0.25) is 0 Å². The first-order valence-electron chi connectivity index (χ1n) is 7.91. The molecule has 3 unspecified atom stereocenters. The van der Waals surface area contributed by atoms with Crippen molar-refractivity contribution in [2.75, 3.05) is 19.6 Å². The van der Waals surface area contributed by atoms with Crippen LogP contribution in [0, 0.1) is 17.8 Å². The largest absolute Gasteiger partial charge is 0.311 e. The number of nitrogens with one attached hydrogen (secondary N) is 1. The fraction of sp³-hybridized carbons (Fsp3) is 1.00. The Morgan fingerprint density at radius 2 is 1.83 bits per heavy atom. The Bertz CT molecular complexity index is 225. The van der Waals surface area contributed by atoms with E-state index >= 15 is 0 Å². The Balaban J connectivity index is 2.53. The summed E-state index contributed by atoms with van der Waals surface area (Å²) in [5.74, 6) is 2.39. The molecular weight excluding hydrogens is 220 g/mol. The van der Waals surface area contributed by atoms with Crippen molar-refractivity contribution in [3.63, 3.8) is 0 Å². The summed E-state index contributed by atoms with van der Waals surface area (Å²) in [4.78, 5) is 2.74. The zero-order chi connectivity index (χ0) is 13.7. The highest BCUT2D eigenvalue weighted by molar-refractivity contribution is 4.86. The van der Waals surface area contributed by atoms with E-state index in [9.17, 15) is 0 Å². The summed E-state index contributed by atoms with van der Waals surface area (Å²) in [7, 11) is 0. The molecular formula is C16H34N2. The Kier molecular flexibility index (Phi) is 6.65. The maximum atomic E-state index is 3.74. The summed E-state index contributed by atoms with van der Waals surface area (Å²) in [6, 6.07) is 1.45. The SMILES string of the molecule is CCC1CNC(CC(C)C)CN1CC(C)C(C)C. The zero-order valence-corrected chi connectivity index (χ0v) is 13.4. The third-order valence-corrected chi connectivity index (χ3v) is 4.50. The van der Waals surface area contributed by atoms with Crippen molar-refractivity contribution in [2.45, 2.75) is 66.5 Å². The molecule has 0 aromatic carbocycles. The van der Waals surface area contributed by atoms with E-state index < -0.39 is 0 Å². The van der Waals surface area contributed by atoms with Crippen molar-refractivity contribution >= 4 is 0 Å². The molecule has 0 aromatic rings. The molecule has 2 nitrogen and oxygen atoms in total. The maximum Gasteiger partial charge on any atom is 0.0218 e. The van der Waals surface area contributed by atoms with Crippen LogP contribution < -0.4 is 5.32 Å². The molecule has 1 saturated heterocycles. The number of nitrogens with zero attached hydrogens (tertiary/aromatic N) is 1. The minimum atomic E-state index is 0.701. The first kappa shape index (κ1) is 16.0. The lowest BCUT2D eigenvalue weighted by atomic mass is 9.94. The first-order valence-corrected chi connectivity index (χ1v) is 7.91. The van der Waals surface area contributed by atoms with Gasteiger partial charge in [-0.3, -0.25) is 4.90 Å². The molecule has 0 aliphatic carbocycles. The molecule has 0 radical (unpaired) electrons. The fourth-order valence-corrected chi connectivity index (χ4v) is 2.86. The van der Waals surface area contributed by atoms with Crippen molar-refractivity contribution in [1.82, 2.24) is 10.2 Å². The van der Waals surface area contributed by atoms with Crippen LogP contribution in [0.3, 0.4) is 0 Å². The van der Waals surface area contributed by atoms with Gasteiger partial charge in [0.1, 0.15) is 0 Å². The number of hydrogen-bond donors (Lipinski definition) is 1. The average Bonchev–Trinajstić information content (AvgIpc) is 2.28. The van der Waals surface area contributed by atoms with Gasteiger partial charge in [0, 0.05) is 31.7 Å². The second kappa shape index (κ2) is 7.49. The first-order chi connectivity index (χ1) is 8.43.